The van der Waals surface area contributed by atoms with Crippen LogP contribution in [0.2, 0.25) is 0 Å². The van der Waals surface area contributed by atoms with Crippen LogP contribution < -0.4 is 0 Å². The van der Waals surface area contributed by atoms with Crippen molar-refractivity contribution in [1.29, 1.82) is 0 Å². The molecule has 2 heteroatoms. The molecule has 0 nitrogen and oxygen atoms in total. The summed E-state index contributed by atoms with van der Waals surface area (Å²) in [4.78, 5) is 6.13. The van der Waals surface area contributed by atoms with E-state index in [1.165, 1.54) is 173 Å². The van der Waals surface area contributed by atoms with Crippen LogP contribution in [0, 0.1) is 0 Å². The molecule has 0 atom stereocenters. The summed E-state index contributed by atoms with van der Waals surface area (Å²) in [5.41, 5.74) is 8.41. The van der Waals surface area contributed by atoms with Gasteiger partial charge in [-0.05, 0) is 84.0 Å². The van der Waals surface area contributed by atoms with Gasteiger partial charge in [-0.2, -0.15) is 0 Å². The molecule has 50 heavy (non-hydrogen) atoms. The third-order valence-electron chi connectivity index (χ3n) is 10.2. The monoisotopic (exact) mass is 708 g/mol. The predicted molar refractivity (Wildman–Crippen MR) is 229 cm³/mol. The Kier molecular flexibility index (Phi) is 19.3. The molecule has 0 aliphatic heterocycles. The smallest absolute Gasteiger partial charge is 0.0348 e. The van der Waals surface area contributed by atoms with Crippen molar-refractivity contribution in [2.45, 2.75) is 169 Å². The van der Waals surface area contributed by atoms with Gasteiger partial charge in [0.25, 0.3) is 0 Å². The van der Waals surface area contributed by atoms with Crippen molar-refractivity contribution < 1.29 is 0 Å². The van der Waals surface area contributed by atoms with E-state index in [0.29, 0.717) is 0 Å². The minimum Gasteiger partial charge on any atom is -0.140 e. The first-order chi connectivity index (χ1) is 24.6. The second-order valence-corrected chi connectivity index (χ2v) is 16.9. The Morgan fingerprint density at radius 1 is 0.380 bits per heavy atom. The average molecular weight is 709 g/mol. The molecule has 2 aromatic heterocycles. The van der Waals surface area contributed by atoms with Crippen molar-refractivity contribution in [3.63, 3.8) is 0 Å². The number of aryl methyl sites for hydroxylation is 4. The van der Waals surface area contributed by atoms with Gasteiger partial charge in [0.2, 0.25) is 0 Å². The third kappa shape index (κ3) is 14.0. The molecule has 0 bridgehead atoms. The Morgan fingerprint density at radius 2 is 0.720 bits per heavy atom. The molecule has 0 spiro atoms. The van der Waals surface area contributed by atoms with Gasteiger partial charge < -0.3 is 0 Å². The molecule has 0 saturated carbocycles. The highest BCUT2D eigenvalue weighted by molar-refractivity contribution is 7.16. The molecule has 0 radical (unpaired) electrons. The molecule has 0 unspecified atom stereocenters. The van der Waals surface area contributed by atoms with E-state index in [-0.39, 0.29) is 0 Å². The topological polar surface area (TPSA) is 0 Å². The SMILES string of the molecule is CCCCCCCCCCc1sc(-c2ccc(/C=C/c3ccc(-c4cc(CCC)c(CCCCCCCCCC)s4)cc3)cc2)cc1CCC. The van der Waals surface area contributed by atoms with Crippen molar-refractivity contribution in [3.05, 3.63) is 92.7 Å². The first-order valence-corrected chi connectivity index (χ1v) is 22.4. The van der Waals surface area contributed by atoms with Crippen molar-refractivity contribution in [3.8, 4) is 20.9 Å². The van der Waals surface area contributed by atoms with Crippen molar-refractivity contribution >= 4 is 34.8 Å². The number of hydrogen-bond acceptors (Lipinski definition) is 2. The summed E-state index contributed by atoms with van der Waals surface area (Å²) in [7, 11) is 0. The fraction of sp³-hybridized carbons (Fsp3) is 0.542. The molecule has 0 N–H and O–H groups in total. The molecule has 4 rings (SSSR count). The third-order valence-corrected chi connectivity index (χ3v) is 12.8. The quantitative estimate of drug-likeness (QED) is 0.0450. The summed E-state index contributed by atoms with van der Waals surface area (Å²) in [6, 6.07) is 23.4. The number of benzene rings is 2. The Morgan fingerprint density at radius 3 is 1.06 bits per heavy atom. The zero-order chi connectivity index (χ0) is 35.2. The largest absolute Gasteiger partial charge is 0.140 e. The number of hydrogen-bond donors (Lipinski definition) is 0. The van der Waals surface area contributed by atoms with Crippen LogP contribution in [0.3, 0.4) is 0 Å². The lowest BCUT2D eigenvalue weighted by Crippen LogP contribution is -1.89. The molecule has 0 aliphatic rings. The standard InChI is InChI=1S/C48H68S2/c1-5-9-11-13-15-17-19-21-25-45-43(23-7-3)37-47(49-45)41-33-29-39(30-34-41)27-28-40-31-35-42(36-32-40)48-38-44(24-8-4)46(50-48)26-22-20-18-16-14-12-10-6-2/h27-38H,5-26H2,1-4H3/b28-27+. The highest BCUT2D eigenvalue weighted by Crippen LogP contribution is 2.35. The van der Waals surface area contributed by atoms with Crippen LogP contribution in [-0.2, 0) is 25.7 Å². The minimum atomic E-state index is 1.20. The summed E-state index contributed by atoms with van der Waals surface area (Å²) < 4.78 is 0. The molecule has 0 amide bonds. The summed E-state index contributed by atoms with van der Waals surface area (Å²) in [6.07, 6.45) is 34.1. The van der Waals surface area contributed by atoms with Crippen LogP contribution in [0.5, 0.6) is 0 Å². The minimum absolute atomic E-state index is 1.20. The molecule has 272 valence electrons. The lowest BCUT2D eigenvalue weighted by molar-refractivity contribution is 0.576. The zero-order valence-electron chi connectivity index (χ0n) is 32.3. The molecule has 0 aliphatic carbocycles. The maximum absolute atomic E-state index is 2.48. The second kappa shape index (κ2) is 23.9. The van der Waals surface area contributed by atoms with Crippen LogP contribution in [-0.4, -0.2) is 0 Å². The second-order valence-electron chi connectivity index (χ2n) is 14.6. The van der Waals surface area contributed by atoms with Crippen LogP contribution in [0.4, 0.5) is 0 Å². The van der Waals surface area contributed by atoms with Gasteiger partial charge in [-0.25, -0.2) is 0 Å². The Hall–Kier alpha value is -2.42. The predicted octanol–water partition coefficient (Wildman–Crippen LogP) is 16.6. The van der Waals surface area contributed by atoms with Crippen LogP contribution in [0.15, 0.2) is 60.7 Å². The Labute approximate surface area is 315 Å². The zero-order valence-corrected chi connectivity index (χ0v) is 33.9. The Bertz CT molecular complexity index is 1370. The van der Waals surface area contributed by atoms with Crippen LogP contribution in [0.25, 0.3) is 33.0 Å². The first kappa shape index (κ1) is 40.4. The van der Waals surface area contributed by atoms with Gasteiger partial charge in [0.15, 0.2) is 0 Å². The van der Waals surface area contributed by atoms with Crippen LogP contribution >= 0.6 is 22.7 Å². The molecule has 2 heterocycles. The Balaban J connectivity index is 1.29. The lowest BCUT2D eigenvalue weighted by atomic mass is 10.0. The van der Waals surface area contributed by atoms with E-state index in [2.05, 4.69) is 101 Å². The van der Waals surface area contributed by atoms with E-state index in [4.69, 9.17) is 0 Å². The molecular formula is C48H68S2. The van der Waals surface area contributed by atoms with Gasteiger partial charge in [-0.3, -0.25) is 0 Å². The maximum Gasteiger partial charge on any atom is 0.0348 e. The van der Waals surface area contributed by atoms with Crippen LogP contribution in [0.1, 0.15) is 175 Å². The summed E-state index contributed by atoms with van der Waals surface area (Å²) in [5, 5.41) is 0. The lowest BCUT2D eigenvalue weighted by Gasteiger charge is -2.03. The van der Waals surface area contributed by atoms with E-state index < -0.39 is 0 Å². The van der Waals surface area contributed by atoms with Gasteiger partial charge in [-0.15, -0.1) is 22.7 Å². The summed E-state index contributed by atoms with van der Waals surface area (Å²) in [6.45, 7) is 9.23. The normalized spacial score (nSPS) is 11.7. The molecule has 0 saturated heterocycles. The maximum atomic E-state index is 2.48. The summed E-state index contributed by atoms with van der Waals surface area (Å²) >= 11 is 4.08. The highest BCUT2D eigenvalue weighted by atomic mass is 32.1. The molecule has 4 aromatic rings. The van der Waals surface area contributed by atoms with E-state index >= 15 is 0 Å². The highest BCUT2D eigenvalue weighted by Gasteiger charge is 2.12. The molecule has 0 fully saturated rings. The number of thiophene rings is 2. The summed E-state index contributed by atoms with van der Waals surface area (Å²) in [5.74, 6) is 0. The fourth-order valence-electron chi connectivity index (χ4n) is 7.15. The van der Waals surface area contributed by atoms with Gasteiger partial charge >= 0.3 is 0 Å². The van der Waals surface area contributed by atoms with E-state index in [1.807, 2.05) is 22.7 Å². The first-order valence-electron chi connectivity index (χ1n) is 20.8. The number of unbranched alkanes of at least 4 members (excludes halogenated alkanes) is 14. The van der Waals surface area contributed by atoms with Gasteiger partial charge in [0.1, 0.15) is 0 Å². The van der Waals surface area contributed by atoms with Gasteiger partial charge in [-0.1, -0.05) is 191 Å². The van der Waals surface area contributed by atoms with Crippen molar-refractivity contribution in [2.75, 3.05) is 0 Å². The van der Waals surface area contributed by atoms with Crippen molar-refractivity contribution in [1.82, 2.24) is 0 Å². The van der Waals surface area contributed by atoms with Crippen molar-refractivity contribution in [2.24, 2.45) is 0 Å². The number of rotatable bonds is 26. The van der Waals surface area contributed by atoms with E-state index in [9.17, 15) is 0 Å². The van der Waals surface area contributed by atoms with Gasteiger partial charge in [0, 0.05) is 19.5 Å². The fourth-order valence-corrected chi connectivity index (χ4v) is 9.67. The van der Waals surface area contributed by atoms with Gasteiger partial charge in [0.05, 0.1) is 0 Å². The van der Waals surface area contributed by atoms with E-state index in [1.54, 1.807) is 20.9 Å². The average Bonchev–Trinajstić information content (AvgIpc) is 3.74. The van der Waals surface area contributed by atoms with E-state index in [0.717, 1.165) is 0 Å². The molecular weight excluding hydrogens is 641 g/mol. The molecule has 2 aromatic carbocycles.